The van der Waals surface area contributed by atoms with Crippen LogP contribution in [0.4, 0.5) is 0 Å². The van der Waals surface area contributed by atoms with Gasteiger partial charge in [0.2, 0.25) is 5.91 Å². The maximum absolute atomic E-state index is 10.9. The second-order valence-electron chi connectivity index (χ2n) is 2.77. The molecule has 4 nitrogen and oxygen atoms in total. The van der Waals surface area contributed by atoms with Crippen molar-refractivity contribution >= 4 is 11.9 Å². The largest absolute Gasteiger partial charge is 0.481 e. The molecule has 2 N–H and O–H groups in total. The van der Waals surface area contributed by atoms with Crippen molar-refractivity contribution in [2.45, 2.75) is 39.2 Å². The number of carbonyl (C=O) groups excluding carboxylic acids is 1. The number of carboxylic acids is 1. The van der Waals surface area contributed by atoms with Crippen molar-refractivity contribution < 1.29 is 14.7 Å². The van der Waals surface area contributed by atoms with Crippen molar-refractivity contribution in [1.82, 2.24) is 5.32 Å². The first-order valence-corrected chi connectivity index (χ1v) is 4.07. The Labute approximate surface area is 72.0 Å². The first-order valence-electron chi connectivity index (χ1n) is 4.07. The molecule has 0 heterocycles. The van der Waals surface area contributed by atoms with Gasteiger partial charge in [-0.25, -0.2) is 0 Å². The summed E-state index contributed by atoms with van der Waals surface area (Å²) in [6.45, 7) is 3.85. The summed E-state index contributed by atoms with van der Waals surface area (Å²) in [4.78, 5) is 21.0. The lowest BCUT2D eigenvalue weighted by atomic mass is 10.2. The summed E-state index contributed by atoms with van der Waals surface area (Å²) in [5, 5.41) is 11.0. The second kappa shape index (κ2) is 5.57. The van der Waals surface area contributed by atoms with Crippen LogP contribution in [0.15, 0.2) is 0 Å². The van der Waals surface area contributed by atoms with Gasteiger partial charge < -0.3 is 10.4 Å². The van der Waals surface area contributed by atoms with E-state index >= 15 is 0 Å². The summed E-state index contributed by atoms with van der Waals surface area (Å²) in [6.07, 6.45) is 0.834. The summed E-state index contributed by atoms with van der Waals surface area (Å²) in [7, 11) is 0. The van der Waals surface area contributed by atoms with Gasteiger partial charge in [0.1, 0.15) is 0 Å². The Hall–Kier alpha value is -1.06. The molecule has 0 aromatic carbocycles. The number of hydrogen-bond acceptors (Lipinski definition) is 2. The van der Waals surface area contributed by atoms with E-state index in [4.69, 9.17) is 5.11 Å². The van der Waals surface area contributed by atoms with Crippen LogP contribution >= 0.6 is 0 Å². The van der Waals surface area contributed by atoms with E-state index in [-0.39, 0.29) is 24.8 Å². The van der Waals surface area contributed by atoms with Crippen molar-refractivity contribution in [3.05, 3.63) is 0 Å². The van der Waals surface area contributed by atoms with Gasteiger partial charge in [0.15, 0.2) is 0 Å². The molecule has 4 heteroatoms. The van der Waals surface area contributed by atoms with E-state index in [1.807, 2.05) is 13.8 Å². The molecule has 0 fully saturated rings. The van der Waals surface area contributed by atoms with Gasteiger partial charge in [-0.1, -0.05) is 6.92 Å². The third-order valence-corrected chi connectivity index (χ3v) is 1.59. The molecular weight excluding hydrogens is 158 g/mol. The number of amides is 1. The van der Waals surface area contributed by atoms with Crippen molar-refractivity contribution in [1.29, 1.82) is 0 Å². The molecule has 0 aromatic heterocycles. The van der Waals surface area contributed by atoms with Gasteiger partial charge in [-0.3, -0.25) is 9.59 Å². The first kappa shape index (κ1) is 10.9. The topological polar surface area (TPSA) is 66.4 Å². The van der Waals surface area contributed by atoms with Crippen molar-refractivity contribution in [3.63, 3.8) is 0 Å². The Bertz CT molecular complexity index is 168. The fourth-order valence-electron chi connectivity index (χ4n) is 0.670. The van der Waals surface area contributed by atoms with Gasteiger partial charge in [0, 0.05) is 12.5 Å². The number of carboxylic acid groups (broad SMARTS) is 1. The van der Waals surface area contributed by atoms with Crippen LogP contribution in [0.5, 0.6) is 0 Å². The Kier molecular flexibility index (Phi) is 5.08. The first-order chi connectivity index (χ1) is 5.56. The Morgan fingerprint density at radius 3 is 2.42 bits per heavy atom. The maximum Gasteiger partial charge on any atom is 0.303 e. The van der Waals surface area contributed by atoms with Crippen LogP contribution in [0.1, 0.15) is 33.1 Å². The van der Waals surface area contributed by atoms with E-state index in [1.165, 1.54) is 0 Å². The zero-order valence-electron chi connectivity index (χ0n) is 7.46. The smallest absolute Gasteiger partial charge is 0.303 e. The highest BCUT2D eigenvalue weighted by Crippen LogP contribution is 1.92. The van der Waals surface area contributed by atoms with Crippen LogP contribution in [0.25, 0.3) is 0 Å². The molecule has 0 saturated heterocycles. The van der Waals surface area contributed by atoms with E-state index in [2.05, 4.69) is 5.32 Å². The minimum atomic E-state index is -0.936. The predicted octanol–water partition coefficient (Wildman–Crippen LogP) is 0.766. The molecule has 0 aliphatic carbocycles. The summed E-state index contributed by atoms with van der Waals surface area (Å²) >= 11 is 0. The number of aliphatic carboxylic acids is 1. The van der Waals surface area contributed by atoms with Crippen molar-refractivity contribution in [2.75, 3.05) is 0 Å². The van der Waals surface area contributed by atoms with E-state index in [0.717, 1.165) is 6.42 Å². The maximum atomic E-state index is 10.9. The minimum absolute atomic E-state index is 0.0691. The zero-order chi connectivity index (χ0) is 9.56. The highest BCUT2D eigenvalue weighted by Gasteiger charge is 2.06. The molecule has 1 atom stereocenters. The summed E-state index contributed by atoms with van der Waals surface area (Å²) in [5.41, 5.74) is 0. The molecule has 0 radical (unpaired) electrons. The standard InChI is InChI=1S/C8H15NO3/c1-3-6(2)9-7(10)4-5-8(11)12/h6H,3-5H2,1-2H3,(H,9,10)(H,11,12)/t6-/m1/s1. The molecule has 0 unspecified atom stereocenters. The number of carbonyl (C=O) groups is 2. The minimum Gasteiger partial charge on any atom is -0.481 e. The van der Waals surface area contributed by atoms with Crippen LogP contribution in [-0.4, -0.2) is 23.0 Å². The summed E-state index contributed by atoms with van der Waals surface area (Å²) in [5.74, 6) is -1.12. The number of rotatable bonds is 5. The van der Waals surface area contributed by atoms with Crippen molar-refractivity contribution in [2.24, 2.45) is 0 Å². The average molecular weight is 173 g/mol. The number of nitrogens with one attached hydrogen (secondary N) is 1. The summed E-state index contributed by atoms with van der Waals surface area (Å²) in [6, 6.07) is 0.131. The van der Waals surface area contributed by atoms with Crippen LogP contribution in [0, 0.1) is 0 Å². The molecule has 0 aliphatic heterocycles. The van der Waals surface area contributed by atoms with E-state index < -0.39 is 5.97 Å². The van der Waals surface area contributed by atoms with E-state index in [9.17, 15) is 9.59 Å². The highest BCUT2D eigenvalue weighted by molar-refractivity contribution is 5.80. The zero-order valence-corrected chi connectivity index (χ0v) is 7.46. The van der Waals surface area contributed by atoms with E-state index in [1.54, 1.807) is 0 Å². The molecular formula is C8H15NO3. The third-order valence-electron chi connectivity index (χ3n) is 1.59. The monoisotopic (exact) mass is 173 g/mol. The average Bonchev–Trinajstić information content (AvgIpc) is 2.00. The lowest BCUT2D eigenvalue weighted by Gasteiger charge is -2.09. The van der Waals surface area contributed by atoms with Gasteiger partial charge in [0.25, 0.3) is 0 Å². The lowest BCUT2D eigenvalue weighted by Crippen LogP contribution is -2.32. The van der Waals surface area contributed by atoms with Gasteiger partial charge in [-0.05, 0) is 13.3 Å². The normalized spacial score (nSPS) is 12.2. The van der Waals surface area contributed by atoms with Crippen LogP contribution in [0.2, 0.25) is 0 Å². The quantitative estimate of drug-likeness (QED) is 0.645. The van der Waals surface area contributed by atoms with Crippen LogP contribution < -0.4 is 5.32 Å². The SMILES string of the molecule is CC[C@@H](C)NC(=O)CCC(=O)O. The van der Waals surface area contributed by atoms with Gasteiger partial charge in [0.05, 0.1) is 6.42 Å². The molecule has 0 spiro atoms. The lowest BCUT2D eigenvalue weighted by molar-refractivity contribution is -0.138. The molecule has 0 bridgehead atoms. The third kappa shape index (κ3) is 5.70. The van der Waals surface area contributed by atoms with Gasteiger partial charge >= 0.3 is 5.97 Å². The van der Waals surface area contributed by atoms with Crippen LogP contribution in [0.3, 0.4) is 0 Å². The molecule has 1 amide bonds. The second-order valence-corrected chi connectivity index (χ2v) is 2.77. The van der Waals surface area contributed by atoms with Gasteiger partial charge in [-0.15, -0.1) is 0 Å². The molecule has 0 aliphatic rings. The van der Waals surface area contributed by atoms with E-state index in [0.29, 0.717) is 0 Å². The highest BCUT2D eigenvalue weighted by atomic mass is 16.4. The molecule has 0 saturated carbocycles. The molecule has 0 aromatic rings. The number of hydrogen-bond donors (Lipinski definition) is 2. The Morgan fingerprint density at radius 1 is 1.42 bits per heavy atom. The molecule has 12 heavy (non-hydrogen) atoms. The van der Waals surface area contributed by atoms with Gasteiger partial charge in [-0.2, -0.15) is 0 Å². The van der Waals surface area contributed by atoms with Crippen molar-refractivity contribution in [3.8, 4) is 0 Å². The predicted molar refractivity (Wildman–Crippen MR) is 44.8 cm³/mol. The summed E-state index contributed by atoms with van der Waals surface area (Å²) < 4.78 is 0. The molecule has 0 rings (SSSR count). The van der Waals surface area contributed by atoms with Crippen LogP contribution in [-0.2, 0) is 9.59 Å². The Morgan fingerprint density at radius 2 is 2.00 bits per heavy atom. The Balaban J connectivity index is 3.53. The molecule has 70 valence electrons. The fourth-order valence-corrected chi connectivity index (χ4v) is 0.670. The fraction of sp³-hybridized carbons (Fsp3) is 0.750.